The summed E-state index contributed by atoms with van der Waals surface area (Å²) in [6.45, 7) is 4.70. The lowest BCUT2D eigenvalue weighted by molar-refractivity contribution is 0.660. The molecule has 0 bridgehead atoms. The molecule has 3 aliphatic rings. The Labute approximate surface area is 292 Å². The molecule has 1 aromatic heterocycles. The molecule has 50 heavy (non-hydrogen) atoms. The highest BCUT2D eigenvalue weighted by Crippen LogP contribution is 2.51. The predicted molar refractivity (Wildman–Crippen MR) is 207 cm³/mol. The lowest BCUT2D eigenvalue weighted by atomic mass is 9.80. The molecule has 0 N–H and O–H groups in total. The minimum absolute atomic E-state index is 0.0453. The molecule has 7 aromatic rings. The van der Waals surface area contributed by atoms with Crippen LogP contribution in [0.5, 0.6) is 0 Å². The Morgan fingerprint density at radius 1 is 0.580 bits per heavy atom. The first kappa shape index (κ1) is 28.9. The highest BCUT2D eigenvalue weighted by atomic mass is 15.3. The van der Waals surface area contributed by atoms with Crippen molar-refractivity contribution in [3.05, 3.63) is 186 Å². The minimum Gasteiger partial charge on any atom is -0.302 e. The molecule has 0 saturated carbocycles. The smallest absolute Gasteiger partial charge is 0.231 e. The van der Waals surface area contributed by atoms with E-state index in [9.17, 15) is 0 Å². The van der Waals surface area contributed by atoms with Crippen LogP contribution in [0.1, 0.15) is 42.0 Å². The molecule has 2 heterocycles. The van der Waals surface area contributed by atoms with Crippen molar-refractivity contribution in [1.82, 2.24) is 9.97 Å². The van der Waals surface area contributed by atoms with E-state index < -0.39 is 0 Å². The van der Waals surface area contributed by atoms with E-state index in [-0.39, 0.29) is 17.4 Å². The molecule has 1 aliphatic heterocycles. The number of hydrogen-bond donors (Lipinski definition) is 0. The van der Waals surface area contributed by atoms with E-state index in [1.54, 1.807) is 0 Å². The number of para-hydroxylation sites is 2. The normalized spacial score (nSPS) is 18.0. The summed E-state index contributed by atoms with van der Waals surface area (Å²) in [4.78, 5) is 12.8. The minimum atomic E-state index is -0.0453. The summed E-state index contributed by atoms with van der Waals surface area (Å²) in [7, 11) is 0. The first-order valence-electron chi connectivity index (χ1n) is 17.5. The Kier molecular flexibility index (Phi) is 6.35. The number of aromatic nitrogens is 2. The third-order valence-corrected chi connectivity index (χ3v) is 11.0. The van der Waals surface area contributed by atoms with E-state index in [0.717, 1.165) is 33.8 Å². The second-order valence-electron chi connectivity index (χ2n) is 14.2. The van der Waals surface area contributed by atoms with Crippen LogP contribution < -0.4 is 4.90 Å². The van der Waals surface area contributed by atoms with Gasteiger partial charge >= 0.3 is 0 Å². The summed E-state index contributed by atoms with van der Waals surface area (Å²) in [5.41, 5.74) is 15.9. The van der Waals surface area contributed by atoms with Crippen LogP contribution in [0.15, 0.2) is 164 Å². The number of benzene rings is 6. The predicted octanol–water partition coefficient (Wildman–Crippen LogP) is 11.5. The molecule has 2 aliphatic carbocycles. The lowest BCUT2D eigenvalue weighted by Gasteiger charge is -2.29. The maximum atomic E-state index is 5.29. The zero-order valence-electron chi connectivity index (χ0n) is 28.1. The Hall–Kier alpha value is -6.06. The molecule has 238 valence electrons. The fraction of sp³-hybridized carbons (Fsp3) is 0.106. The van der Waals surface area contributed by atoms with Crippen molar-refractivity contribution in [2.45, 2.75) is 31.2 Å². The molecule has 0 spiro atoms. The Morgan fingerprint density at radius 2 is 1.28 bits per heavy atom. The molecule has 2 unspecified atom stereocenters. The van der Waals surface area contributed by atoms with Gasteiger partial charge in [0.2, 0.25) is 5.95 Å². The molecular formula is C47H35N3. The van der Waals surface area contributed by atoms with Crippen molar-refractivity contribution in [2.75, 3.05) is 4.90 Å². The van der Waals surface area contributed by atoms with Gasteiger partial charge in [0.05, 0.1) is 17.3 Å². The number of nitrogens with zero attached hydrogens (tertiary/aromatic N) is 3. The Balaban J connectivity index is 1.07. The third kappa shape index (κ3) is 4.29. The van der Waals surface area contributed by atoms with Gasteiger partial charge in [0, 0.05) is 28.0 Å². The molecule has 0 radical (unpaired) electrons. The van der Waals surface area contributed by atoms with Crippen molar-refractivity contribution < 1.29 is 0 Å². The highest BCUT2D eigenvalue weighted by molar-refractivity contribution is 5.95. The average Bonchev–Trinajstić information content (AvgIpc) is 3.62. The van der Waals surface area contributed by atoms with Crippen LogP contribution in [0.25, 0.3) is 50.0 Å². The summed E-state index contributed by atoms with van der Waals surface area (Å²) in [5.74, 6) is 0.883. The van der Waals surface area contributed by atoms with E-state index in [4.69, 9.17) is 9.97 Å². The van der Waals surface area contributed by atoms with Crippen LogP contribution in [0, 0.1) is 0 Å². The van der Waals surface area contributed by atoms with Crippen LogP contribution in [0.3, 0.4) is 0 Å². The van der Waals surface area contributed by atoms with Gasteiger partial charge in [0.25, 0.3) is 0 Å². The number of anilines is 2. The summed E-state index contributed by atoms with van der Waals surface area (Å²) < 4.78 is 0. The SMILES string of the molecule is CC1(C)c2ccccc2-c2ccc(-c3ccccc3C3=CC4c5ccccc5N(c5nc(-c6ccccc6)c6ccccc6n5)C4C=C3)cc21. The van der Waals surface area contributed by atoms with Crippen molar-refractivity contribution >= 4 is 28.1 Å². The van der Waals surface area contributed by atoms with Gasteiger partial charge in [0.15, 0.2) is 0 Å². The molecule has 3 heteroatoms. The third-order valence-electron chi connectivity index (χ3n) is 11.0. The van der Waals surface area contributed by atoms with Gasteiger partial charge in [-0.3, -0.25) is 0 Å². The van der Waals surface area contributed by atoms with E-state index in [2.05, 4.69) is 177 Å². The summed E-state index contributed by atoms with van der Waals surface area (Å²) in [6, 6.07) is 52.4. The van der Waals surface area contributed by atoms with E-state index in [1.165, 1.54) is 50.1 Å². The van der Waals surface area contributed by atoms with Gasteiger partial charge in [-0.05, 0) is 68.3 Å². The van der Waals surface area contributed by atoms with E-state index >= 15 is 0 Å². The zero-order valence-corrected chi connectivity index (χ0v) is 28.1. The summed E-state index contributed by atoms with van der Waals surface area (Å²) in [6.07, 6.45) is 7.14. The summed E-state index contributed by atoms with van der Waals surface area (Å²) >= 11 is 0. The van der Waals surface area contributed by atoms with Gasteiger partial charge in [-0.1, -0.05) is 159 Å². The van der Waals surface area contributed by atoms with Crippen LogP contribution >= 0.6 is 0 Å². The van der Waals surface area contributed by atoms with Gasteiger partial charge in [-0.25, -0.2) is 9.97 Å². The first-order chi connectivity index (χ1) is 24.6. The second-order valence-corrected chi connectivity index (χ2v) is 14.2. The van der Waals surface area contributed by atoms with Gasteiger partial charge in [-0.15, -0.1) is 0 Å². The maximum Gasteiger partial charge on any atom is 0.231 e. The molecule has 0 amide bonds. The number of allylic oxidation sites excluding steroid dienone is 2. The summed E-state index contributed by atoms with van der Waals surface area (Å²) in [5, 5.41) is 1.06. The largest absolute Gasteiger partial charge is 0.302 e. The van der Waals surface area contributed by atoms with Gasteiger partial charge < -0.3 is 4.90 Å². The van der Waals surface area contributed by atoms with Crippen LogP contribution in [-0.2, 0) is 5.41 Å². The monoisotopic (exact) mass is 641 g/mol. The van der Waals surface area contributed by atoms with Gasteiger partial charge in [-0.2, -0.15) is 0 Å². The number of hydrogen-bond acceptors (Lipinski definition) is 3. The van der Waals surface area contributed by atoms with Crippen LogP contribution in [-0.4, -0.2) is 16.0 Å². The molecular weight excluding hydrogens is 607 g/mol. The number of fused-ring (bicyclic) bond motifs is 7. The maximum absolute atomic E-state index is 5.29. The quantitative estimate of drug-likeness (QED) is 0.191. The average molecular weight is 642 g/mol. The van der Waals surface area contributed by atoms with Crippen molar-refractivity contribution in [3.63, 3.8) is 0 Å². The van der Waals surface area contributed by atoms with E-state index in [0.29, 0.717) is 0 Å². The fourth-order valence-corrected chi connectivity index (χ4v) is 8.61. The topological polar surface area (TPSA) is 29.0 Å². The van der Waals surface area contributed by atoms with Gasteiger partial charge in [0.1, 0.15) is 0 Å². The highest BCUT2D eigenvalue weighted by Gasteiger charge is 2.40. The molecule has 0 fully saturated rings. The Bertz CT molecular complexity index is 2540. The van der Waals surface area contributed by atoms with Crippen molar-refractivity contribution in [3.8, 4) is 33.5 Å². The zero-order chi connectivity index (χ0) is 33.4. The molecule has 10 rings (SSSR count). The second kappa shape index (κ2) is 11.0. The van der Waals surface area contributed by atoms with Crippen LogP contribution in [0.4, 0.5) is 11.6 Å². The molecule has 6 aromatic carbocycles. The number of rotatable bonds is 4. The van der Waals surface area contributed by atoms with Crippen molar-refractivity contribution in [2.24, 2.45) is 0 Å². The van der Waals surface area contributed by atoms with E-state index in [1.807, 2.05) is 6.07 Å². The first-order valence-corrected chi connectivity index (χ1v) is 17.5. The van der Waals surface area contributed by atoms with Crippen LogP contribution in [0.2, 0.25) is 0 Å². The fourth-order valence-electron chi connectivity index (χ4n) is 8.61. The van der Waals surface area contributed by atoms with Crippen molar-refractivity contribution in [1.29, 1.82) is 0 Å². The molecule has 0 saturated heterocycles. The molecule has 2 atom stereocenters. The standard InChI is InChI=1S/C47H35N3/c1-47(2)40-21-11-8-18-35(40)36-26-24-32(29-41(36)47)34-17-7-6-16-33(34)31-25-27-44-39(28-31)37-19-10-13-23-43(37)50(44)46-48-42-22-12-9-20-38(42)45(49-46)30-14-4-3-5-15-30/h3-29,39,44H,1-2H3. The molecule has 3 nitrogen and oxygen atoms in total. The Morgan fingerprint density at radius 3 is 2.16 bits per heavy atom. The lowest BCUT2D eigenvalue weighted by Crippen LogP contribution is -2.30.